The highest BCUT2D eigenvalue weighted by Crippen LogP contribution is 2.38. The standard InChI is InChI=1S/C22H25ClN2O3S/c1-28-12-11-24(22(27)16-2-3-16)14-20(26)25-10-8-19-18(9-13-29-19)21(25)15-4-6-17(23)7-5-15/h4-7,9,13,16,21H,2-3,8,10-12,14H2,1H3. The van der Waals surface area contributed by atoms with Crippen LogP contribution in [0.2, 0.25) is 5.02 Å². The molecule has 29 heavy (non-hydrogen) atoms. The molecule has 2 amide bonds. The van der Waals surface area contributed by atoms with Gasteiger partial charge in [-0.1, -0.05) is 23.7 Å². The number of nitrogens with zero attached hydrogens (tertiary/aromatic N) is 2. The summed E-state index contributed by atoms with van der Waals surface area (Å²) in [6.45, 7) is 1.62. The Hall–Kier alpha value is -1.89. The van der Waals surface area contributed by atoms with Crippen LogP contribution in [0.1, 0.15) is 34.9 Å². The summed E-state index contributed by atoms with van der Waals surface area (Å²) in [6.07, 6.45) is 2.69. The van der Waals surface area contributed by atoms with E-state index in [4.69, 9.17) is 16.3 Å². The van der Waals surface area contributed by atoms with E-state index in [0.717, 1.165) is 24.8 Å². The van der Waals surface area contributed by atoms with Crippen LogP contribution >= 0.6 is 22.9 Å². The maximum absolute atomic E-state index is 13.4. The topological polar surface area (TPSA) is 49.9 Å². The molecule has 4 rings (SSSR count). The van der Waals surface area contributed by atoms with Crippen LogP contribution < -0.4 is 0 Å². The van der Waals surface area contributed by atoms with E-state index in [1.165, 1.54) is 10.4 Å². The summed E-state index contributed by atoms with van der Waals surface area (Å²) in [5, 5.41) is 2.76. The Bertz CT molecular complexity index is 878. The highest BCUT2D eigenvalue weighted by atomic mass is 35.5. The molecule has 1 aliphatic carbocycles. The number of carbonyl (C=O) groups excluding carboxylic acids is 2. The van der Waals surface area contributed by atoms with Crippen LogP contribution in [0.25, 0.3) is 0 Å². The highest BCUT2D eigenvalue weighted by molar-refractivity contribution is 7.10. The van der Waals surface area contributed by atoms with Crippen LogP contribution in [-0.4, -0.2) is 55.0 Å². The van der Waals surface area contributed by atoms with Gasteiger partial charge < -0.3 is 14.5 Å². The fourth-order valence-corrected chi connectivity index (χ4v) is 4.93. The van der Waals surface area contributed by atoms with Crippen molar-refractivity contribution in [2.24, 2.45) is 5.92 Å². The van der Waals surface area contributed by atoms with Gasteiger partial charge in [-0.05, 0) is 54.0 Å². The Morgan fingerprint density at radius 3 is 2.69 bits per heavy atom. The van der Waals surface area contributed by atoms with Crippen molar-refractivity contribution >= 4 is 34.8 Å². The van der Waals surface area contributed by atoms with E-state index in [2.05, 4.69) is 11.4 Å². The monoisotopic (exact) mass is 432 g/mol. The van der Waals surface area contributed by atoms with E-state index < -0.39 is 0 Å². The Morgan fingerprint density at radius 1 is 1.24 bits per heavy atom. The van der Waals surface area contributed by atoms with Gasteiger partial charge in [0, 0.05) is 36.0 Å². The lowest BCUT2D eigenvalue weighted by atomic mass is 9.93. The summed E-state index contributed by atoms with van der Waals surface area (Å²) >= 11 is 7.82. The van der Waals surface area contributed by atoms with Gasteiger partial charge in [0.15, 0.2) is 0 Å². The lowest BCUT2D eigenvalue weighted by Gasteiger charge is -2.37. The van der Waals surface area contributed by atoms with Crippen molar-refractivity contribution in [3.63, 3.8) is 0 Å². The first-order valence-corrected chi connectivity index (χ1v) is 11.2. The van der Waals surface area contributed by atoms with Crippen molar-refractivity contribution in [2.45, 2.75) is 25.3 Å². The number of ether oxygens (including phenoxy) is 1. The molecule has 154 valence electrons. The van der Waals surface area contributed by atoms with E-state index in [1.807, 2.05) is 29.2 Å². The Kier molecular flexibility index (Phi) is 6.23. The molecule has 1 fully saturated rings. The van der Waals surface area contributed by atoms with Gasteiger partial charge in [0.2, 0.25) is 11.8 Å². The number of hydrogen-bond acceptors (Lipinski definition) is 4. The second kappa shape index (κ2) is 8.86. The molecule has 1 atom stereocenters. The SMILES string of the molecule is COCCN(CC(=O)N1CCc2sccc2C1c1ccc(Cl)cc1)C(=O)C1CC1. The minimum atomic E-state index is -0.143. The third-order valence-corrected chi connectivity index (χ3v) is 6.85. The van der Waals surface area contributed by atoms with Crippen molar-refractivity contribution in [3.05, 3.63) is 56.7 Å². The first kappa shape index (κ1) is 20.4. The molecule has 1 unspecified atom stereocenters. The minimum absolute atomic E-state index is 0.0214. The third kappa shape index (κ3) is 4.49. The van der Waals surface area contributed by atoms with Crippen LogP contribution in [0.4, 0.5) is 0 Å². The number of halogens is 1. The van der Waals surface area contributed by atoms with Crippen molar-refractivity contribution in [2.75, 3.05) is 33.4 Å². The van der Waals surface area contributed by atoms with E-state index in [9.17, 15) is 9.59 Å². The highest BCUT2D eigenvalue weighted by Gasteiger charge is 2.37. The number of methoxy groups -OCH3 is 1. The average Bonchev–Trinajstić information content (AvgIpc) is 3.47. The quantitative estimate of drug-likeness (QED) is 0.669. The lowest BCUT2D eigenvalue weighted by Crippen LogP contribution is -2.47. The maximum Gasteiger partial charge on any atom is 0.242 e. The van der Waals surface area contributed by atoms with Crippen LogP contribution in [0, 0.1) is 5.92 Å². The van der Waals surface area contributed by atoms with Crippen molar-refractivity contribution in [1.82, 2.24) is 9.80 Å². The number of carbonyl (C=O) groups is 2. The Balaban J connectivity index is 1.58. The summed E-state index contributed by atoms with van der Waals surface area (Å²) in [6, 6.07) is 9.66. The van der Waals surface area contributed by atoms with Gasteiger partial charge in [-0.25, -0.2) is 0 Å². The van der Waals surface area contributed by atoms with Gasteiger partial charge in [-0.2, -0.15) is 0 Å². The molecule has 0 spiro atoms. The van der Waals surface area contributed by atoms with Crippen LogP contribution in [0.15, 0.2) is 35.7 Å². The number of amides is 2. The number of benzene rings is 1. The predicted octanol–water partition coefficient (Wildman–Crippen LogP) is 3.76. The Morgan fingerprint density at radius 2 is 2.00 bits per heavy atom. The van der Waals surface area contributed by atoms with Crippen LogP contribution in [-0.2, 0) is 20.7 Å². The number of rotatable bonds is 7. The zero-order valence-corrected chi connectivity index (χ0v) is 18.0. The summed E-state index contributed by atoms with van der Waals surface area (Å²) in [7, 11) is 1.61. The molecule has 0 bridgehead atoms. The van der Waals surface area contributed by atoms with Gasteiger partial charge in [0.1, 0.15) is 0 Å². The summed E-state index contributed by atoms with van der Waals surface area (Å²) in [5.74, 6) is 0.134. The van der Waals surface area contributed by atoms with Gasteiger partial charge in [-0.15, -0.1) is 11.3 Å². The molecule has 0 saturated heterocycles. The molecule has 7 heteroatoms. The molecule has 2 aromatic rings. The molecule has 0 N–H and O–H groups in total. The molecular formula is C22H25ClN2O3S. The fourth-order valence-electron chi connectivity index (χ4n) is 3.90. The largest absolute Gasteiger partial charge is 0.383 e. The van der Waals surface area contributed by atoms with Crippen LogP contribution in [0.3, 0.4) is 0 Å². The normalized spacial score (nSPS) is 18.4. The van der Waals surface area contributed by atoms with E-state index in [-0.39, 0.29) is 30.3 Å². The predicted molar refractivity (Wildman–Crippen MR) is 114 cm³/mol. The molecule has 0 radical (unpaired) electrons. The summed E-state index contributed by atoms with van der Waals surface area (Å²) in [4.78, 5) is 30.9. The summed E-state index contributed by atoms with van der Waals surface area (Å²) in [5.41, 5.74) is 2.22. The zero-order valence-electron chi connectivity index (χ0n) is 16.5. The molecular weight excluding hydrogens is 408 g/mol. The third-order valence-electron chi connectivity index (χ3n) is 5.60. The van der Waals surface area contributed by atoms with E-state index in [0.29, 0.717) is 24.7 Å². The summed E-state index contributed by atoms with van der Waals surface area (Å²) < 4.78 is 5.16. The molecule has 1 saturated carbocycles. The van der Waals surface area contributed by atoms with Gasteiger partial charge in [-0.3, -0.25) is 9.59 Å². The molecule has 1 aromatic heterocycles. The zero-order chi connectivity index (χ0) is 20.4. The van der Waals surface area contributed by atoms with Gasteiger partial charge in [0.05, 0.1) is 19.2 Å². The smallest absolute Gasteiger partial charge is 0.242 e. The molecule has 1 aromatic carbocycles. The van der Waals surface area contributed by atoms with Crippen molar-refractivity contribution in [1.29, 1.82) is 0 Å². The molecule has 2 aliphatic rings. The number of thiophene rings is 1. The van der Waals surface area contributed by atoms with Crippen LogP contribution in [0.5, 0.6) is 0 Å². The second-order valence-corrected chi connectivity index (χ2v) is 9.05. The van der Waals surface area contributed by atoms with Crippen molar-refractivity contribution < 1.29 is 14.3 Å². The van der Waals surface area contributed by atoms with E-state index in [1.54, 1.807) is 23.3 Å². The lowest BCUT2D eigenvalue weighted by molar-refractivity contribution is -0.142. The Labute approximate surface area is 180 Å². The first-order valence-electron chi connectivity index (χ1n) is 9.97. The maximum atomic E-state index is 13.4. The molecule has 1 aliphatic heterocycles. The second-order valence-electron chi connectivity index (χ2n) is 7.62. The molecule has 5 nitrogen and oxygen atoms in total. The van der Waals surface area contributed by atoms with Gasteiger partial charge >= 0.3 is 0 Å². The van der Waals surface area contributed by atoms with Crippen molar-refractivity contribution in [3.8, 4) is 0 Å². The molecule has 2 heterocycles. The average molecular weight is 433 g/mol. The van der Waals surface area contributed by atoms with E-state index >= 15 is 0 Å². The fraction of sp³-hybridized carbons (Fsp3) is 0.455. The number of hydrogen-bond donors (Lipinski definition) is 0. The first-order chi connectivity index (χ1) is 14.1. The minimum Gasteiger partial charge on any atom is -0.383 e. The van der Waals surface area contributed by atoms with Gasteiger partial charge in [0.25, 0.3) is 0 Å². The number of fused-ring (bicyclic) bond motifs is 1.